The SMILES string of the molecule is CCOc1cc2cc(-c3c(C)nc(NC(C)c4ccc(-n5cccn5)cc4)nc3NC3CC(CO)C(O)C3O)oc2c(C)n1. The molecule has 0 radical (unpaired) electrons. The van der Waals surface area contributed by atoms with Crippen molar-refractivity contribution < 1.29 is 24.5 Å². The highest BCUT2D eigenvalue weighted by molar-refractivity contribution is 5.88. The number of hydrogen-bond acceptors (Lipinski definition) is 11. The Hall–Kier alpha value is -4.52. The first-order valence-electron chi connectivity index (χ1n) is 14.8. The van der Waals surface area contributed by atoms with Crippen molar-refractivity contribution in [3.63, 3.8) is 0 Å². The van der Waals surface area contributed by atoms with Crippen LogP contribution in [0, 0.1) is 19.8 Å². The number of anilines is 2. The van der Waals surface area contributed by atoms with Crippen LogP contribution in [0.25, 0.3) is 28.0 Å². The number of pyridine rings is 1. The van der Waals surface area contributed by atoms with Crippen molar-refractivity contribution in [2.24, 2.45) is 5.92 Å². The number of rotatable bonds is 10. The van der Waals surface area contributed by atoms with Gasteiger partial charge in [0, 0.05) is 36.4 Å². The molecule has 0 amide bonds. The molecule has 5 unspecified atom stereocenters. The molecule has 1 aliphatic carbocycles. The number of furan rings is 1. The van der Waals surface area contributed by atoms with Crippen LogP contribution in [0.2, 0.25) is 0 Å². The largest absolute Gasteiger partial charge is 0.478 e. The van der Waals surface area contributed by atoms with E-state index in [2.05, 4.69) is 20.7 Å². The third-order valence-electron chi connectivity index (χ3n) is 8.14. The van der Waals surface area contributed by atoms with Gasteiger partial charge in [-0.05, 0) is 63.9 Å². The number of aliphatic hydroxyl groups is 3. The van der Waals surface area contributed by atoms with Crippen molar-refractivity contribution in [1.29, 1.82) is 0 Å². The number of fused-ring (bicyclic) bond motifs is 1. The summed E-state index contributed by atoms with van der Waals surface area (Å²) in [5.41, 5.74) is 4.57. The molecule has 1 saturated carbocycles. The van der Waals surface area contributed by atoms with Crippen LogP contribution in [-0.4, -0.2) is 71.5 Å². The summed E-state index contributed by atoms with van der Waals surface area (Å²) in [7, 11) is 0. The summed E-state index contributed by atoms with van der Waals surface area (Å²) in [5, 5.41) is 42.9. The van der Waals surface area contributed by atoms with Gasteiger partial charge in [-0.1, -0.05) is 12.1 Å². The molecule has 0 spiro atoms. The topological polar surface area (TPSA) is 164 Å². The lowest BCUT2D eigenvalue weighted by atomic mass is 10.1. The van der Waals surface area contributed by atoms with Crippen molar-refractivity contribution in [3.8, 4) is 22.9 Å². The van der Waals surface area contributed by atoms with Crippen molar-refractivity contribution in [3.05, 3.63) is 71.8 Å². The molecular formula is C32H37N7O5. The normalized spacial score (nSPS) is 20.6. The summed E-state index contributed by atoms with van der Waals surface area (Å²) in [4.78, 5) is 14.1. The number of aryl methyl sites for hydroxylation is 2. The third-order valence-corrected chi connectivity index (χ3v) is 8.14. The number of hydrogen-bond donors (Lipinski definition) is 5. The van der Waals surface area contributed by atoms with Crippen LogP contribution >= 0.6 is 0 Å². The van der Waals surface area contributed by atoms with E-state index >= 15 is 0 Å². The van der Waals surface area contributed by atoms with E-state index in [1.165, 1.54) is 0 Å². The molecule has 6 rings (SSSR count). The fraction of sp³-hybridized carbons (Fsp3) is 0.375. The highest BCUT2D eigenvalue weighted by Crippen LogP contribution is 2.38. The second kappa shape index (κ2) is 12.2. The van der Waals surface area contributed by atoms with Crippen molar-refractivity contribution in [2.75, 3.05) is 23.8 Å². The van der Waals surface area contributed by atoms with Gasteiger partial charge in [0.2, 0.25) is 11.8 Å². The van der Waals surface area contributed by atoms with Gasteiger partial charge in [0.05, 0.1) is 47.4 Å². The molecule has 12 heteroatoms. The highest BCUT2D eigenvalue weighted by Gasteiger charge is 2.41. The number of benzene rings is 1. The Balaban J connectivity index is 1.35. The fourth-order valence-electron chi connectivity index (χ4n) is 5.80. The lowest BCUT2D eigenvalue weighted by Crippen LogP contribution is -2.35. The summed E-state index contributed by atoms with van der Waals surface area (Å²) in [6.07, 6.45) is 1.86. The second-order valence-electron chi connectivity index (χ2n) is 11.2. The Morgan fingerprint density at radius 2 is 1.86 bits per heavy atom. The van der Waals surface area contributed by atoms with Crippen LogP contribution in [0.1, 0.15) is 43.3 Å². The Morgan fingerprint density at radius 1 is 1.07 bits per heavy atom. The lowest BCUT2D eigenvalue weighted by molar-refractivity contribution is 0.00446. The average Bonchev–Trinajstić information content (AvgIpc) is 3.75. The minimum Gasteiger partial charge on any atom is -0.478 e. The maximum atomic E-state index is 10.8. The molecule has 4 aromatic heterocycles. The van der Waals surface area contributed by atoms with E-state index < -0.39 is 24.2 Å². The minimum atomic E-state index is -1.09. The maximum Gasteiger partial charge on any atom is 0.225 e. The number of aromatic nitrogens is 5. The minimum absolute atomic E-state index is 0.130. The highest BCUT2D eigenvalue weighted by atomic mass is 16.5. The molecule has 0 saturated heterocycles. The molecular weight excluding hydrogens is 562 g/mol. The predicted octanol–water partition coefficient (Wildman–Crippen LogP) is 4.17. The maximum absolute atomic E-state index is 10.8. The summed E-state index contributed by atoms with van der Waals surface area (Å²) >= 11 is 0. The van der Waals surface area contributed by atoms with Crippen LogP contribution in [0.15, 0.2) is 59.3 Å². The van der Waals surface area contributed by atoms with Gasteiger partial charge in [0.1, 0.15) is 17.7 Å². The zero-order valence-electron chi connectivity index (χ0n) is 25.1. The van der Waals surface area contributed by atoms with E-state index in [-0.39, 0.29) is 12.6 Å². The molecule has 0 aliphatic heterocycles. The molecule has 12 nitrogen and oxygen atoms in total. The first kappa shape index (κ1) is 29.5. The van der Waals surface area contributed by atoms with E-state index in [4.69, 9.17) is 19.1 Å². The van der Waals surface area contributed by atoms with Gasteiger partial charge in [0.25, 0.3) is 0 Å². The van der Waals surface area contributed by atoms with Crippen molar-refractivity contribution in [2.45, 2.75) is 58.4 Å². The number of ether oxygens (including phenoxy) is 1. The fourth-order valence-corrected chi connectivity index (χ4v) is 5.80. The summed E-state index contributed by atoms with van der Waals surface area (Å²) in [6, 6.07) is 13.0. The van der Waals surface area contributed by atoms with E-state index in [9.17, 15) is 15.3 Å². The van der Waals surface area contributed by atoms with Crippen molar-refractivity contribution in [1.82, 2.24) is 24.7 Å². The van der Waals surface area contributed by atoms with Crippen LogP contribution < -0.4 is 15.4 Å². The van der Waals surface area contributed by atoms with Gasteiger partial charge >= 0.3 is 0 Å². The Morgan fingerprint density at radius 3 is 2.55 bits per heavy atom. The van der Waals surface area contributed by atoms with E-state index in [1.54, 1.807) is 10.9 Å². The predicted molar refractivity (Wildman–Crippen MR) is 166 cm³/mol. The molecule has 1 aliphatic rings. The first-order valence-corrected chi connectivity index (χ1v) is 14.8. The van der Waals surface area contributed by atoms with Gasteiger partial charge in [0.15, 0.2) is 5.58 Å². The average molecular weight is 600 g/mol. The molecule has 1 fully saturated rings. The molecule has 1 aromatic carbocycles. The zero-order valence-corrected chi connectivity index (χ0v) is 25.1. The van der Waals surface area contributed by atoms with Gasteiger partial charge in [-0.2, -0.15) is 10.1 Å². The van der Waals surface area contributed by atoms with Gasteiger partial charge in [-0.15, -0.1) is 0 Å². The summed E-state index contributed by atoms with van der Waals surface area (Å²) < 4.78 is 13.7. The van der Waals surface area contributed by atoms with Gasteiger partial charge in [-0.3, -0.25) is 0 Å². The van der Waals surface area contributed by atoms with E-state index in [1.807, 2.05) is 76.4 Å². The summed E-state index contributed by atoms with van der Waals surface area (Å²) in [6.45, 7) is 7.93. The van der Waals surface area contributed by atoms with Gasteiger partial charge in [-0.25, -0.2) is 14.6 Å². The van der Waals surface area contributed by atoms with Crippen LogP contribution in [0.3, 0.4) is 0 Å². The number of nitrogens with one attached hydrogen (secondary N) is 2. The molecule has 5 N–H and O–H groups in total. The first-order chi connectivity index (χ1) is 21.2. The van der Waals surface area contributed by atoms with Gasteiger partial charge < -0.3 is 35.1 Å². The monoisotopic (exact) mass is 599 g/mol. The number of aliphatic hydroxyl groups excluding tert-OH is 3. The quantitative estimate of drug-likeness (QED) is 0.156. The molecule has 5 aromatic rings. The van der Waals surface area contributed by atoms with E-state index in [0.717, 1.165) is 16.6 Å². The van der Waals surface area contributed by atoms with E-state index in [0.29, 0.717) is 59.0 Å². The lowest BCUT2D eigenvalue weighted by Gasteiger charge is -2.22. The molecule has 230 valence electrons. The zero-order chi connectivity index (χ0) is 31.0. The Labute approximate surface area is 254 Å². The third kappa shape index (κ3) is 5.71. The van der Waals surface area contributed by atoms with Crippen LogP contribution in [-0.2, 0) is 0 Å². The molecule has 0 bridgehead atoms. The number of nitrogens with zero attached hydrogens (tertiary/aromatic N) is 5. The molecule has 4 heterocycles. The second-order valence-corrected chi connectivity index (χ2v) is 11.2. The standard InChI is InChI=1S/C32H37N7O5/c1-5-43-26-15-21-14-25(44-30(21)19(4)34-26)27-18(3)36-32(38-31(27)37-24-13-22(16-40)28(41)29(24)42)35-17(2)20-7-9-23(10-8-20)39-12-6-11-33-39/h6-12,14-15,17,22,24,28-29,40-42H,5,13,16H2,1-4H3,(H2,35,36,37,38). The smallest absolute Gasteiger partial charge is 0.225 e. The molecule has 44 heavy (non-hydrogen) atoms. The summed E-state index contributed by atoms with van der Waals surface area (Å²) in [5.74, 6) is 1.41. The Kier molecular flexibility index (Phi) is 8.21. The van der Waals surface area contributed by atoms with Crippen LogP contribution in [0.5, 0.6) is 5.88 Å². The van der Waals surface area contributed by atoms with Crippen molar-refractivity contribution >= 4 is 22.7 Å². The molecule has 5 atom stereocenters. The van der Waals surface area contributed by atoms with Crippen LogP contribution in [0.4, 0.5) is 11.8 Å². The Bertz CT molecular complexity index is 1740.